The molecule has 0 saturated heterocycles. The van der Waals surface area contributed by atoms with E-state index in [9.17, 15) is 4.79 Å². The molecule has 96 valence electrons. The van der Waals surface area contributed by atoms with Crippen LogP contribution in [0.3, 0.4) is 0 Å². The monoisotopic (exact) mass is 252 g/mol. The maximum Gasteiger partial charge on any atom is 0.241 e. The summed E-state index contributed by atoms with van der Waals surface area (Å²) in [4.78, 5) is 12.2. The first-order chi connectivity index (χ1) is 9.33. The molecule has 0 bridgehead atoms. The third kappa shape index (κ3) is 2.66. The second kappa shape index (κ2) is 5.24. The number of rotatable bonds is 2. The van der Waals surface area contributed by atoms with Gasteiger partial charge in [-0.05, 0) is 29.7 Å². The molecule has 1 atom stereocenters. The highest BCUT2D eigenvalue weighted by Crippen LogP contribution is 2.17. The molecule has 0 spiro atoms. The van der Waals surface area contributed by atoms with Crippen molar-refractivity contribution in [1.82, 2.24) is 5.32 Å². The molecule has 2 aromatic carbocycles. The highest BCUT2D eigenvalue weighted by atomic mass is 16.2. The lowest BCUT2D eigenvalue weighted by Crippen LogP contribution is -2.44. The number of carbonyl (C=O) groups excluding carboxylic acids is 1. The molecule has 1 heterocycles. The average Bonchev–Trinajstić information content (AvgIpc) is 2.48. The van der Waals surface area contributed by atoms with E-state index in [0.717, 1.165) is 18.7 Å². The van der Waals surface area contributed by atoms with Gasteiger partial charge in [-0.15, -0.1) is 0 Å². The van der Waals surface area contributed by atoms with Crippen molar-refractivity contribution in [1.29, 1.82) is 0 Å². The molecular weight excluding hydrogens is 236 g/mol. The summed E-state index contributed by atoms with van der Waals surface area (Å²) in [6.45, 7) is 0.753. The van der Waals surface area contributed by atoms with Crippen molar-refractivity contribution in [2.45, 2.75) is 19.0 Å². The van der Waals surface area contributed by atoms with Crippen LogP contribution in [-0.4, -0.2) is 11.9 Å². The third-order valence-corrected chi connectivity index (χ3v) is 3.44. The van der Waals surface area contributed by atoms with Crippen molar-refractivity contribution >= 4 is 11.6 Å². The summed E-state index contributed by atoms with van der Waals surface area (Å²) in [6, 6.07) is 17.7. The molecule has 0 unspecified atom stereocenters. The van der Waals surface area contributed by atoms with Crippen molar-refractivity contribution in [2.75, 3.05) is 5.32 Å². The summed E-state index contributed by atoms with van der Waals surface area (Å²) in [7, 11) is 0. The van der Waals surface area contributed by atoms with Crippen LogP contribution in [0, 0.1) is 0 Å². The fraction of sp³-hybridized carbons (Fsp3) is 0.188. The van der Waals surface area contributed by atoms with Crippen LogP contribution in [-0.2, 0) is 17.8 Å². The van der Waals surface area contributed by atoms with Crippen LogP contribution in [0.15, 0.2) is 54.6 Å². The largest absolute Gasteiger partial charge is 0.325 e. The molecule has 0 radical (unpaired) electrons. The van der Waals surface area contributed by atoms with Gasteiger partial charge in [0.2, 0.25) is 5.91 Å². The van der Waals surface area contributed by atoms with Gasteiger partial charge in [0.05, 0.1) is 6.04 Å². The fourth-order valence-electron chi connectivity index (χ4n) is 2.39. The zero-order chi connectivity index (χ0) is 13.1. The number of fused-ring (bicyclic) bond motifs is 1. The maximum absolute atomic E-state index is 12.2. The van der Waals surface area contributed by atoms with Gasteiger partial charge in [0.1, 0.15) is 0 Å². The van der Waals surface area contributed by atoms with Crippen LogP contribution in [0.2, 0.25) is 0 Å². The van der Waals surface area contributed by atoms with E-state index in [1.165, 1.54) is 11.1 Å². The number of amides is 1. The normalized spacial score (nSPS) is 17.6. The van der Waals surface area contributed by atoms with Gasteiger partial charge < -0.3 is 10.6 Å². The van der Waals surface area contributed by atoms with E-state index in [2.05, 4.69) is 22.8 Å². The Morgan fingerprint density at radius 1 is 1.00 bits per heavy atom. The standard InChI is InChI=1S/C16H16N2O/c19-16(18-14-8-2-1-3-9-14)15-10-12-6-4-5-7-13(12)11-17-15/h1-9,15,17H,10-11H2,(H,18,19)/t15-/m0/s1. The molecular formula is C16H16N2O. The maximum atomic E-state index is 12.2. The van der Waals surface area contributed by atoms with Crippen molar-refractivity contribution < 1.29 is 4.79 Å². The minimum atomic E-state index is -0.157. The molecule has 1 aliphatic heterocycles. The Balaban J connectivity index is 1.70. The van der Waals surface area contributed by atoms with Gasteiger partial charge in [-0.1, -0.05) is 42.5 Å². The van der Waals surface area contributed by atoms with Crippen LogP contribution in [0.1, 0.15) is 11.1 Å². The summed E-state index contributed by atoms with van der Waals surface area (Å²) in [6.07, 6.45) is 0.745. The predicted octanol–water partition coefficient (Wildman–Crippen LogP) is 2.34. The van der Waals surface area contributed by atoms with E-state index in [4.69, 9.17) is 0 Å². The Morgan fingerprint density at radius 3 is 2.47 bits per heavy atom. The lowest BCUT2D eigenvalue weighted by molar-refractivity contribution is -0.118. The molecule has 1 amide bonds. The Kier molecular flexibility index (Phi) is 3.29. The van der Waals surface area contributed by atoms with Crippen molar-refractivity contribution in [3.8, 4) is 0 Å². The highest BCUT2D eigenvalue weighted by Gasteiger charge is 2.23. The first kappa shape index (κ1) is 11.9. The zero-order valence-corrected chi connectivity index (χ0v) is 10.6. The van der Waals surface area contributed by atoms with Gasteiger partial charge in [-0.3, -0.25) is 4.79 Å². The molecule has 0 aromatic heterocycles. The van der Waals surface area contributed by atoms with Crippen molar-refractivity contribution in [3.05, 3.63) is 65.7 Å². The van der Waals surface area contributed by atoms with Crippen LogP contribution in [0.25, 0.3) is 0 Å². The van der Waals surface area contributed by atoms with E-state index >= 15 is 0 Å². The predicted molar refractivity (Wildman–Crippen MR) is 75.8 cm³/mol. The summed E-state index contributed by atoms with van der Waals surface area (Å²) in [5.41, 5.74) is 3.38. The molecule has 0 fully saturated rings. The summed E-state index contributed by atoms with van der Waals surface area (Å²) in [5, 5.41) is 6.22. The van der Waals surface area contributed by atoms with Crippen LogP contribution < -0.4 is 10.6 Å². The number of hydrogen-bond donors (Lipinski definition) is 2. The van der Waals surface area contributed by atoms with Gasteiger partial charge in [0.15, 0.2) is 0 Å². The molecule has 2 aromatic rings. The van der Waals surface area contributed by atoms with E-state index in [1.54, 1.807) is 0 Å². The minimum absolute atomic E-state index is 0.0284. The van der Waals surface area contributed by atoms with E-state index in [1.807, 2.05) is 42.5 Å². The average molecular weight is 252 g/mol. The van der Waals surface area contributed by atoms with E-state index in [0.29, 0.717) is 0 Å². The number of hydrogen-bond acceptors (Lipinski definition) is 2. The summed E-state index contributed by atoms with van der Waals surface area (Å²) < 4.78 is 0. The van der Waals surface area contributed by atoms with Gasteiger partial charge in [-0.2, -0.15) is 0 Å². The molecule has 1 aliphatic rings. The Bertz CT molecular complexity index is 580. The molecule has 19 heavy (non-hydrogen) atoms. The molecule has 3 rings (SSSR count). The second-order valence-corrected chi connectivity index (χ2v) is 4.76. The van der Waals surface area contributed by atoms with Gasteiger partial charge in [-0.25, -0.2) is 0 Å². The third-order valence-electron chi connectivity index (χ3n) is 3.44. The number of nitrogens with one attached hydrogen (secondary N) is 2. The van der Waals surface area contributed by atoms with Crippen molar-refractivity contribution in [2.24, 2.45) is 0 Å². The number of anilines is 1. The molecule has 3 nitrogen and oxygen atoms in total. The smallest absolute Gasteiger partial charge is 0.241 e. The SMILES string of the molecule is O=C(Nc1ccccc1)[C@@H]1Cc2ccccc2CN1. The van der Waals surface area contributed by atoms with Crippen molar-refractivity contribution in [3.63, 3.8) is 0 Å². The van der Waals surface area contributed by atoms with Crippen LogP contribution in [0.4, 0.5) is 5.69 Å². The van der Waals surface area contributed by atoms with Gasteiger partial charge in [0.25, 0.3) is 0 Å². The quantitative estimate of drug-likeness (QED) is 0.861. The topological polar surface area (TPSA) is 41.1 Å². The van der Waals surface area contributed by atoms with Crippen LogP contribution >= 0.6 is 0 Å². The Labute approximate surface area is 112 Å². The lowest BCUT2D eigenvalue weighted by atomic mass is 9.95. The summed E-state index contributed by atoms with van der Waals surface area (Å²) >= 11 is 0. The van der Waals surface area contributed by atoms with Gasteiger partial charge >= 0.3 is 0 Å². The number of para-hydroxylation sites is 1. The van der Waals surface area contributed by atoms with E-state index < -0.39 is 0 Å². The fourth-order valence-corrected chi connectivity index (χ4v) is 2.39. The molecule has 3 heteroatoms. The Morgan fingerprint density at radius 2 is 1.68 bits per heavy atom. The minimum Gasteiger partial charge on any atom is -0.325 e. The summed E-state index contributed by atoms with van der Waals surface area (Å²) in [5.74, 6) is 0.0284. The molecule has 2 N–H and O–H groups in total. The van der Waals surface area contributed by atoms with Crippen LogP contribution in [0.5, 0.6) is 0 Å². The lowest BCUT2D eigenvalue weighted by Gasteiger charge is -2.25. The zero-order valence-electron chi connectivity index (χ0n) is 10.6. The first-order valence-electron chi connectivity index (χ1n) is 6.49. The first-order valence-corrected chi connectivity index (χ1v) is 6.49. The Hall–Kier alpha value is -2.13. The molecule has 0 aliphatic carbocycles. The van der Waals surface area contributed by atoms with Gasteiger partial charge in [0, 0.05) is 12.2 Å². The second-order valence-electron chi connectivity index (χ2n) is 4.76. The number of benzene rings is 2. The molecule has 0 saturated carbocycles. The highest BCUT2D eigenvalue weighted by molar-refractivity contribution is 5.95. The van der Waals surface area contributed by atoms with E-state index in [-0.39, 0.29) is 11.9 Å². The number of carbonyl (C=O) groups is 1.